The number of thioether (sulfide) groups is 1. The van der Waals surface area contributed by atoms with Gasteiger partial charge < -0.3 is 15.2 Å². The maximum absolute atomic E-state index is 7.81. The van der Waals surface area contributed by atoms with Crippen LogP contribution in [0.3, 0.4) is 0 Å². The topological polar surface area (TPSA) is 68.3 Å². The molecule has 3 N–H and O–H groups in total. The lowest BCUT2D eigenvalue weighted by molar-refractivity contribution is 0.482. The van der Waals surface area contributed by atoms with Gasteiger partial charge in [0, 0.05) is 31.2 Å². The quantitative estimate of drug-likeness (QED) is 0.129. The number of hydrogen-bond donors (Lipinski definition) is 2. The first-order valence-electron chi connectivity index (χ1n) is 10.5. The van der Waals surface area contributed by atoms with E-state index >= 15 is 0 Å². The van der Waals surface area contributed by atoms with Gasteiger partial charge in [-0.3, -0.25) is 5.41 Å². The maximum atomic E-state index is 7.81. The van der Waals surface area contributed by atoms with Crippen LogP contribution >= 0.6 is 70.4 Å². The van der Waals surface area contributed by atoms with Gasteiger partial charge in [-0.2, -0.15) is 0 Å². The number of nitrogens with two attached hydrogens (primary N) is 1. The molecular weight excluding hydrogens is 590 g/mol. The fraction of sp³-hybridized carbons (Fsp3) is 0.0370. The molecule has 10 heteroatoms. The Balaban J connectivity index is 0.000000206. The third-order valence-electron chi connectivity index (χ3n) is 4.59. The van der Waals surface area contributed by atoms with E-state index in [2.05, 4.69) is 0 Å². The number of nitrogens with one attached hydrogen (secondary N) is 1. The lowest BCUT2D eigenvalue weighted by Crippen LogP contribution is -2.09. The van der Waals surface area contributed by atoms with Gasteiger partial charge >= 0.3 is 0 Å². The van der Waals surface area contributed by atoms with Crippen molar-refractivity contribution in [2.45, 2.75) is 0 Å². The normalized spacial score (nSPS) is 10.2. The van der Waals surface area contributed by atoms with Crippen molar-refractivity contribution in [1.29, 1.82) is 5.41 Å². The van der Waals surface area contributed by atoms with Gasteiger partial charge in [0.05, 0.1) is 5.04 Å². The second-order valence-corrected chi connectivity index (χ2v) is 10.4. The van der Waals surface area contributed by atoms with Gasteiger partial charge in [-0.15, -0.1) is 11.8 Å². The van der Waals surface area contributed by atoms with Gasteiger partial charge in [-0.25, -0.2) is 0 Å². The molecule has 0 bridgehead atoms. The van der Waals surface area contributed by atoms with Crippen molar-refractivity contribution < 1.29 is 9.47 Å². The van der Waals surface area contributed by atoms with Crippen molar-refractivity contribution in [3.63, 3.8) is 0 Å². The highest BCUT2D eigenvalue weighted by molar-refractivity contribution is 8.13. The molecule has 0 aliphatic rings. The van der Waals surface area contributed by atoms with E-state index in [9.17, 15) is 0 Å². The van der Waals surface area contributed by atoms with Gasteiger partial charge in [-0.05, 0) is 91.2 Å². The Labute approximate surface area is 245 Å². The Morgan fingerprint density at radius 2 is 1.05 bits per heavy atom. The van der Waals surface area contributed by atoms with E-state index in [1.54, 1.807) is 84.9 Å². The van der Waals surface area contributed by atoms with Crippen LogP contribution in [0.1, 0.15) is 11.1 Å². The molecule has 0 unspecified atom stereocenters. The lowest BCUT2D eigenvalue weighted by atomic mass is 10.2. The highest BCUT2D eigenvalue weighted by Gasteiger charge is 2.07. The van der Waals surface area contributed by atoms with E-state index in [-0.39, 0.29) is 4.99 Å². The monoisotopic (exact) mass is 608 g/mol. The van der Waals surface area contributed by atoms with E-state index in [1.165, 1.54) is 11.8 Å². The van der Waals surface area contributed by atoms with Crippen molar-refractivity contribution >= 4 is 80.4 Å². The molecule has 4 rings (SSSR count). The molecule has 0 aliphatic heterocycles. The van der Waals surface area contributed by atoms with E-state index < -0.39 is 0 Å². The fourth-order valence-corrected chi connectivity index (χ4v) is 4.09. The van der Waals surface area contributed by atoms with E-state index in [1.807, 2.05) is 6.26 Å². The molecule has 37 heavy (non-hydrogen) atoms. The van der Waals surface area contributed by atoms with Crippen molar-refractivity contribution in [2.24, 2.45) is 5.73 Å². The zero-order valence-electron chi connectivity index (χ0n) is 19.3. The molecule has 0 amide bonds. The summed E-state index contributed by atoms with van der Waals surface area (Å²) in [7, 11) is 0. The Hall–Kier alpha value is -2.45. The molecule has 4 nitrogen and oxygen atoms in total. The highest BCUT2D eigenvalue weighted by Crippen LogP contribution is 2.29. The number of halogens is 4. The number of benzene rings is 4. The third kappa shape index (κ3) is 9.42. The first-order valence-corrected chi connectivity index (χ1v) is 13.7. The second kappa shape index (κ2) is 13.9. The second-order valence-electron chi connectivity index (χ2n) is 7.36. The molecule has 0 saturated carbocycles. The van der Waals surface area contributed by atoms with Crippen LogP contribution in [0.5, 0.6) is 23.0 Å². The number of rotatable bonds is 6. The molecule has 4 aromatic rings. The summed E-state index contributed by atoms with van der Waals surface area (Å²) in [4.78, 5) is 0.276. The van der Waals surface area contributed by atoms with Crippen LogP contribution in [0, 0.1) is 5.41 Å². The summed E-state index contributed by atoms with van der Waals surface area (Å²) in [6, 6.07) is 24.5. The first kappa shape index (κ1) is 29.1. The zero-order valence-corrected chi connectivity index (χ0v) is 24.0. The highest BCUT2D eigenvalue weighted by atomic mass is 35.5. The number of ether oxygens (including phenoxy) is 2. The SMILES string of the molecule is CSC(=N)c1cc(Cl)cc(Oc2ccc(Cl)cc2)c1.NC(=S)c1cc(Cl)cc(Oc2ccc(Cl)cc2)c1. The molecular formula is C27H20Cl4N2O2S2. The average molecular weight is 610 g/mol. The number of thiocarbonyl (C=S) groups is 1. The van der Waals surface area contributed by atoms with Gasteiger partial charge in [0.2, 0.25) is 0 Å². The third-order valence-corrected chi connectivity index (χ3v) is 6.41. The molecule has 0 spiro atoms. The van der Waals surface area contributed by atoms with Gasteiger partial charge in [-0.1, -0.05) is 58.6 Å². The molecule has 4 aromatic carbocycles. The van der Waals surface area contributed by atoms with E-state index in [0.717, 1.165) is 5.56 Å². The minimum atomic E-state index is 0.276. The minimum Gasteiger partial charge on any atom is -0.457 e. The van der Waals surface area contributed by atoms with Crippen LogP contribution < -0.4 is 15.2 Å². The molecule has 190 valence electrons. The van der Waals surface area contributed by atoms with Crippen molar-refractivity contribution in [2.75, 3.05) is 6.26 Å². The summed E-state index contributed by atoms with van der Waals surface area (Å²) in [5.41, 5.74) is 6.97. The van der Waals surface area contributed by atoms with E-state index in [4.69, 9.17) is 79.2 Å². The van der Waals surface area contributed by atoms with E-state index in [0.29, 0.717) is 53.7 Å². The van der Waals surface area contributed by atoms with Gasteiger partial charge in [0.25, 0.3) is 0 Å². The molecule has 0 heterocycles. The summed E-state index contributed by atoms with van der Waals surface area (Å²) in [5, 5.41) is 10.6. The van der Waals surface area contributed by atoms with Crippen LogP contribution in [-0.2, 0) is 0 Å². The Morgan fingerprint density at radius 3 is 1.46 bits per heavy atom. The maximum Gasteiger partial charge on any atom is 0.129 e. The van der Waals surface area contributed by atoms with Crippen LogP contribution in [0.15, 0.2) is 84.9 Å². The largest absolute Gasteiger partial charge is 0.457 e. The molecule has 0 aliphatic carbocycles. The van der Waals surface area contributed by atoms with Crippen molar-refractivity contribution in [3.8, 4) is 23.0 Å². The summed E-state index contributed by atoms with van der Waals surface area (Å²) in [6.45, 7) is 0. The molecule has 0 saturated heterocycles. The predicted molar refractivity (Wildman–Crippen MR) is 162 cm³/mol. The predicted octanol–water partition coefficient (Wildman–Crippen LogP) is 9.89. The summed E-state index contributed by atoms with van der Waals surface area (Å²) >= 11 is 29.9. The van der Waals surface area contributed by atoms with Crippen molar-refractivity contribution in [3.05, 3.63) is 116 Å². The molecule has 0 fully saturated rings. The molecule has 0 atom stereocenters. The fourth-order valence-electron chi connectivity index (χ4n) is 2.91. The van der Waals surface area contributed by atoms with Crippen LogP contribution in [0.2, 0.25) is 20.1 Å². The van der Waals surface area contributed by atoms with Crippen LogP contribution in [0.4, 0.5) is 0 Å². The Bertz CT molecular complexity index is 1400. The Morgan fingerprint density at radius 1 is 0.649 bits per heavy atom. The summed E-state index contributed by atoms with van der Waals surface area (Å²) in [6.07, 6.45) is 1.85. The summed E-state index contributed by atoms with van der Waals surface area (Å²) < 4.78 is 11.3. The zero-order chi connectivity index (χ0) is 26.9. The summed E-state index contributed by atoms with van der Waals surface area (Å²) in [5.74, 6) is 2.51. The minimum absolute atomic E-state index is 0.276. The molecule has 0 aromatic heterocycles. The van der Waals surface area contributed by atoms with Crippen molar-refractivity contribution in [1.82, 2.24) is 0 Å². The van der Waals surface area contributed by atoms with Gasteiger partial charge in [0.15, 0.2) is 0 Å². The lowest BCUT2D eigenvalue weighted by Gasteiger charge is -2.09. The average Bonchev–Trinajstić information content (AvgIpc) is 2.86. The smallest absolute Gasteiger partial charge is 0.129 e. The standard InChI is InChI=1S/C14H11Cl2NOS.C13H9Cl2NOS/c1-19-14(17)9-6-11(16)8-13(7-9)18-12-4-2-10(15)3-5-12;14-9-1-3-11(4-2-9)17-12-6-8(13(16)18)5-10(15)7-12/h2-8,17H,1H3;1-7H,(H2,16,18). The number of hydrogen-bond acceptors (Lipinski definition) is 5. The van der Waals surface area contributed by atoms with Gasteiger partial charge in [0.1, 0.15) is 28.0 Å². The Kier molecular flexibility index (Phi) is 10.9. The molecule has 0 radical (unpaired) electrons. The van der Waals surface area contributed by atoms with Crippen LogP contribution in [-0.4, -0.2) is 16.3 Å². The first-order chi connectivity index (χ1) is 17.6. The van der Waals surface area contributed by atoms with Crippen LogP contribution in [0.25, 0.3) is 0 Å².